The van der Waals surface area contributed by atoms with Gasteiger partial charge in [0.25, 0.3) is 0 Å². The summed E-state index contributed by atoms with van der Waals surface area (Å²) < 4.78 is 124. The number of carboxylic acids is 1. The first-order valence-electron chi connectivity index (χ1n) is 34.5. The molecule has 3 aliphatic heterocycles. The Morgan fingerprint density at radius 2 is 1.23 bits per heavy atom. The number of aryl methyl sites for hydroxylation is 1. The Balaban J connectivity index is 0.818. The average molecular weight is 1460 g/mol. The summed E-state index contributed by atoms with van der Waals surface area (Å²) in [5.41, 5.74) is -0.365. The number of carboxylic acid groups (broad SMARTS) is 1. The van der Waals surface area contributed by atoms with Gasteiger partial charge >= 0.3 is 11.9 Å². The molecule has 1 amide bonds. The highest BCUT2D eigenvalue weighted by atomic mass is 19.2. The third-order valence-electron chi connectivity index (χ3n) is 20.6. The number of nitrogens with one attached hydrogen (secondary N) is 1. The van der Waals surface area contributed by atoms with Crippen molar-refractivity contribution in [2.24, 2.45) is 23.7 Å². The normalized spacial score (nSPS) is 34.0. The van der Waals surface area contributed by atoms with Crippen molar-refractivity contribution >= 4 is 23.6 Å². The van der Waals surface area contributed by atoms with Crippen LogP contribution in [0.3, 0.4) is 0 Å². The van der Waals surface area contributed by atoms with Crippen LogP contribution in [-0.4, -0.2) is 241 Å². The molecule has 11 rings (SSSR count). The van der Waals surface area contributed by atoms with E-state index in [0.29, 0.717) is 12.1 Å². The van der Waals surface area contributed by atoms with Crippen LogP contribution in [0.25, 0.3) is 22.5 Å². The summed E-state index contributed by atoms with van der Waals surface area (Å²) >= 11 is 0. The molecule has 5 aromatic rings. The van der Waals surface area contributed by atoms with Crippen molar-refractivity contribution in [1.29, 1.82) is 0 Å². The second kappa shape index (κ2) is 33.6. The minimum atomic E-state index is -1.90. The summed E-state index contributed by atoms with van der Waals surface area (Å²) in [4.78, 5) is 56.2. The maximum absolute atomic E-state index is 14.6. The van der Waals surface area contributed by atoms with Gasteiger partial charge in [0.2, 0.25) is 5.91 Å². The summed E-state index contributed by atoms with van der Waals surface area (Å²) in [6.45, 7) is 2.59. The zero-order valence-corrected chi connectivity index (χ0v) is 56.3. The molecule has 564 valence electrons. The quantitative estimate of drug-likeness (QED) is 0.0173. The number of rotatable bonds is 25. The number of carbonyl (C=O) groups is 4. The first kappa shape index (κ1) is 77.1. The number of nitrogens with zero attached hydrogens (tertiary/aromatic N) is 6. The monoisotopic (exact) mass is 1460 g/mol. The first-order valence-corrected chi connectivity index (χ1v) is 34.5. The number of aromatic nitrogens is 6. The molecule has 3 saturated heterocycles. The molecule has 6 aliphatic rings. The van der Waals surface area contributed by atoms with Crippen LogP contribution < -0.4 is 5.32 Å². The smallest absolute Gasteiger partial charge is 0.338 e. The molecule has 34 heteroatoms. The van der Waals surface area contributed by atoms with E-state index >= 15 is 0 Å². The van der Waals surface area contributed by atoms with Crippen LogP contribution in [0, 0.1) is 59.7 Å². The van der Waals surface area contributed by atoms with E-state index in [1.54, 1.807) is 25.1 Å². The third kappa shape index (κ3) is 17.3. The predicted octanol–water partition coefficient (Wildman–Crippen LogP) is 2.81. The number of hydrogen-bond acceptors (Lipinski definition) is 25. The molecule has 0 spiro atoms. The lowest BCUT2D eigenvalue weighted by Gasteiger charge is -2.48. The highest BCUT2D eigenvalue weighted by Crippen LogP contribution is 2.43. The van der Waals surface area contributed by atoms with Crippen molar-refractivity contribution in [1.82, 2.24) is 35.3 Å². The minimum absolute atomic E-state index is 0.00605. The average Bonchev–Trinajstić information content (AvgIpc) is 1.59. The SMILES string of the molecule is Cc1cc(-c2cn([C@H]3C(O)[C@H](O[C@@H]4C[C@@H](C(=O)NCCCC(=O)C5C[C@@H](C)C(O[C@@H]6OC(C)[C@@H](O)[C@H](O)C6O)[C@H](O[C@@H]6O[C@@H](CO)[C@H](O)C(O[C@@H](CC7CCCCC7)C(=O)O)C6OC(=O)c6ccccc6)C5)CC(n5cc(-c6cc(F)c(F)c(F)c6)nn5)C4O)OC(CO)[C@@H]3O)nn2)cc(F)c1F. The fourth-order valence-electron chi connectivity index (χ4n) is 14.9. The molecular weight excluding hydrogens is 1370 g/mol. The van der Waals surface area contributed by atoms with Crippen molar-refractivity contribution in [3.05, 3.63) is 107 Å². The van der Waals surface area contributed by atoms with Crippen molar-refractivity contribution in [2.75, 3.05) is 19.8 Å². The molecule has 0 bridgehead atoms. The molecular formula is C69H86F5N7O22. The Labute approximate surface area is 586 Å². The van der Waals surface area contributed by atoms with Gasteiger partial charge in [-0.3, -0.25) is 9.59 Å². The fourth-order valence-corrected chi connectivity index (χ4v) is 14.9. The first-order chi connectivity index (χ1) is 49.2. The van der Waals surface area contributed by atoms with E-state index in [-0.39, 0.29) is 96.8 Å². The second-order valence-electron chi connectivity index (χ2n) is 27.7. The fraction of sp³-hybridized carbons (Fsp3) is 0.623. The van der Waals surface area contributed by atoms with E-state index in [0.717, 1.165) is 47.5 Å². The highest BCUT2D eigenvalue weighted by molar-refractivity contribution is 5.89. The summed E-state index contributed by atoms with van der Waals surface area (Å²) in [5, 5.41) is 131. The molecule has 5 heterocycles. The van der Waals surface area contributed by atoms with Crippen molar-refractivity contribution < 1.29 is 130 Å². The largest absolute Gasteiger partial charge is 0.479 e. The number of hydrogen-bond donors (Lipinski definition) is 11. The molecule has 3 saturated carbocycles. The number of benzene rings is 3. The van der Waals surface area contributed by atoms with Gasteiger partial charge in [-0.15, -0.1) is 10.2 Å². The molecule has 2 aromatic heterocycles. The standard InChI is InChI=1S/C69H86F5N7O22/c1-30-17-35(20-39(70)51(30)73)43-27-81(79-77-43)53-56(87)49(28-82)100-67(58(53)89)98-46-25-38(23-44(55(46)86)80-26-42(76-78-80)36-21-40(71)52(74)41(72)22-36)64(92)75-16-10-15-45(84)37-18-31(2)61(103-68-60(91)59(90)54(85)32(3)96-68)47(24-37)99-69-63(102-66(95)34-13-8-5-9-14-34)62(57(88)50(29-83)101-69)97-48(65(93)94)19-33-11-6-4-7-12-33/h5,8-9,13-14,17,20-22,26-27,31-33,37-38,44,46-50,53-63,67-69,82-83,85-91H,4,6-7,10-12,15-16,18-19,23-25,28-29H2,1-3H3,(H,75,92)(H,93,94)/t31-,32?,37?,38+,44?,46-,47-,48+,49?,50+,53-,54-,55?,56+,57+,58?,59+,60?,61?,62?,63?,67-,68+,69-/m1/s1. The molecule has 11 N–H and O–H groups in total. The van der Waals surface area contributed by atoms with E-state index in [9.17, 15) is 92.2 Å². The van der Waals surface area contributed by atoms with Crippen molar-refractivity contribution in [3.63, 3.8) is 0 Å². The number of Topliss-reactive ketones (excluding diaryl/α,β-unsaturated/α-hetero) is 1. The van der Waals surface area contributed by atoms with E-state index in [1.165, 1.54) is 44.4 Å². The van der Waals surface area contributed by atoms with Gasteiger partial charge in [0.15, 0.2) is 60.2 Å². The van der Waals surface area contributed by atoms with Crippen LogP contribution in [0.4, 0.5) is 22.0 Å². The van der Waals surface area contributed by atoms with Gasteiger partial charge in [0.1, 0.15) is 84.3 Å². The summed E-state index contributed by atoms with van der Waals surface area (Å²) in [7, 11) is 0. The number of carbonyl (C=O) groups excluding carboxylic acids is 3. The summed E-state index contributed by atoms with van der Waals surface area (Å²) in [5.74, 6) is -13.2. The van der Waals surface area contributed by atoms with Gasteiger partial charge in [0, 0.05) is 35.9 Å². The zero-order valence-electron chi connectivity index (χ0n) is 56.3. The van der Waals surface area contributed by atoms with E-state index in [1.807, 2.05) is 0 Å². The number of aliphatic hydroxyl groups is 9. The van der Waals surface area contributed by atoms with Gasteiger partial charge < -0.3 is 94.3 Å². The molecule has 10 unspecified atom stereocenters. The number of aliphatic carboxylic acids is 1. The minimum Gasteiger partial charge on any atom is -0.479 e. The third-order valence-corrected chi connectivity index (χ3v) is 20.6. The van der Waals surface area contributed by atoms with E-state index in [2.05, 4.69) is 25.9 Å². The Kier molecular flexibility index (Phi) is 25.2. The lowest BCUT2D eigenvalue weighted by Crippen LogP contribution is -2.64. The molecule has 29 nitrogen and oxygen atoms in total. The van der Waals surface area contributed by atoms with Crippen LogP contribution >= 0.6 is 0 Å². The van der Waals surface area contributed by atoms with Crippen LogP contribution in [0.15, 0.2) is 67.0 Å². The number of aliphatic hydroxyl groups excluding tert-OH is 9. The van der Waals surface area contributed by atoms with E-state index < -0.39 is 207 Å². The van der Waals surface area contributed by atoms with Crippen molar-refractivity contribution in [3.8, 4) is 22.5 Å². The van der Waals surface area contributed by atoms with Crippen LogP contribution in [0.5, 0.6) is 0 Å². The summed E-state index contributed by atoms with van der Waals surface area (Å²) in [6, 6.07) is 8.39. The second-order valence-corrected chi connectivity index (χ2v) is 27.7. The van der Waals surface area contributed by atoms with Gasteiger partial charge in [-0.25, -0.2) is 40.9 Å². The maximum atomic E-state index is 14.6. The van der Waals surface area contributed by atoms with Gasteiger partial charge in [0.05, 0.1) is 61.6 Å². The number of halogens is 5. The molecule has 103 heavy (non-hydrogen) atoms. The van der Waals surface area contributed by atoms with Crippen molar-refractivity contribution in [2.45, 2.75) is 226 Å². The zero-order chi connectivity index (χ0) is 73.8. The van der Waals surface area contributed by atoms with Crippen LogP contribution in [0.2, 0.25) is 0 Å². The Bertz CT molecular complexity index is 3680. The molecule has 24 atom stereocenters. The van der Waals surface area contributed by atoms with Gasteiger partial charge in [-0.05, 0) is 106 Å². The molecule has 3 aromatic carbocycles. The van der Waals surface area contributed by atoms with Crippen LogP contribution in [-0.2, 0) is 52.3 Å². The van der Waals surface area contributed by atoms with Gasteiger partial charge in [-0.1, -0.05) is 67.7 Å². The summed E-state index contributed by atoms with van der Waals surface area (Å²) in [6.07, 6.45) is -24.7. The molecule has 0 radical (unpaired) electrons. The highest BCUT2D eigenvalue weighted by Gasteiger charge is 2.55. The predicted molar refractivity (Wildman–Crippen MR) is 341 cm³/mol. The lowest BCUT2D eigenvalue weighted by atomic mass is 9.75. The molecule has 3 aliphatic carbocycles. The van der Waals surface area contributed by atoms with Crippen LogP contribution in [0.1, 0.15) is 119 Å². The lowest BCUT2D eigenvalue weighted by molar-refractivity contribution is -0.349. The Morgan fingerprint density at radius 1 is 0.631 bits per heavy atom. The number of esters is 1. The Morgan fingerprint density at radius 3 is 1.89 bits per heavy atom. The Hall–Kier alpha value is -6.97. The van der Waals surface area contributed by atoms with E-state index in [4.69, 9.17) is 37.9 Å². The number of amides is 1. The molecule has 6 fully saturated rings. The topological polar surface area (TPSA) is 418 Å². The number of ketones is 1. The van der Waals surface area contributed by atoms with Gasteiger partial charge in [-0.2, -0.15) is 0 Å². The maximum Gasteiger partial charge on any atom is 0.338 e. The number of ether oxygens (including phenoxy) is 8.